The molecular formula is C20H21FN4OS. The van der Waals surface area contributed by atoms with E-state index < -0.39 is 0 Å². The lowest BCUT2D eigenvalue weighted by molar-refractivity contribution is -0.130. The molecule has 2 aromatic carbocycles. The van der Waals surface area contributed by atoms with E-state index in [-0.39, 0.29) is 18.1 Å². The molecule has 0 saturated carbocycles. The zero-order valence-electron chi connectivity index (χ0n) is 15.3. The molecule has 0 atom stereocenters. The zero-order chi connectivity index (χ0) is 19.4. The van der Waals surface area contributed by atoms with Gasteiger partial charge in [-0.1, -0.05) is 42.0 Å². The standard InChI is InChI=1S/C20H21FN4OS/c1-14-6-8-16(9-7-14)19-22-23-20(27)25(19)11-10-18(26)24(2)13-15-4-3-5-17(21)12-15/h3-9,12H,10-11,13H2,1-2H3,(H,23,27). The summed E-state index contributed by atoms with van der Waals surface area (Å²) in [5, 5.41) is 7.09. The van der Waals surface area contributed by atoms with Crippen molar-refractivity contribution in [2.24, 2.45) is 0 Å². The molecular weight excluding hydrogens is 363 g/mol. The van der Waals surface area contributed by atoms with E-state index in [1.165, 1.54) is 12.1 Å². The molecule has 7 heteroatoms. The third kappa shape index (κ3) is 4.68. The Bertz CT molecular complexity index is 994. The topological polar surface area (TPSA) is 53.9 Å². The maximum absolute atomic E-state index is 13.3. The van der Waals surface area contributed by atoms with Crippen LogP contribution in [0.1, 0.15) is 17.5 Å². The van der Waals surface area contributed by atoms with Crippen molar-refractivity contribution in [2.45, 2.75) is 26.4 Å². The van der Waals surface area contributed by atoms with E-state index in [2.05, 4.69) is 10.2 Å². The number of amides is 1. The Labute approximate surface area is 162 Å². The number of H-pyrrole nitrogens is 1. The molecule has 0 fully saturated rings. The van der Waals surface area contributed by atoms with E-state index >= 15 is 0 Å². The summed E-state index contributed by atoms with van der Waals surface area (Å²) >= 11 is 5.31. The van der Waals surface area contributed by atoms with Gasteiger partial charge in [-0.25, -0.2) is 4.39 Å². The summed E-state index contributed by atoms with van der Waals surface area (Å²) in [6.45, 7) is 2.80. The molecule has 0 aliphatic carbocycles. The van der Waals surface area contributed by atoms with Crippen LogP contribution in [0.3, 0.4) is 0 Å². The number of nitrogens with zero attached hydrogens (tertiary/aromatic N) is 3. The van der Waals surface area contributed by atoms with Crippen LogP contribution in [0.2, 0.25) is 0 Å². The van der Waals surface area contributed by atoms with Crippen LogP contribution in [0.4, 0.5) is 4.39 Å². The number of halogens is 1. The summed E-state index contributed by atoms with van der Waals surface area (Å²) in [7, 11) is 1.71. The predicted molar refractivity (Wildman–Crippen MR) is 105 cm³/mol. The number of hydrogen-bond donors (Lipinski definition) is 1. The van der Waals surface area contributed by atoms with Gasteiger partial charge in [-0.2, -0.15) is 5.10 Å². The minimum atomic E-state index is -0.305. The van der Waals surface area contributed by atoms with Gasteiger partial charge in [0.1, 0.15) is 5.82 Å². The number of carbonyl (C=O) groups excluding carboxylic acids is 1. The van der Waals surface area contributed by atoms with Crippen molar-refractivity contribution in [1.29, 1.82) is 0 Å². The van der Waals surface area contributed by atoms with Crippen LogP contribution in [0.25, 0.3) is 11.4 Å². The zero-order valence-corrected chi connectivity index (χ0v) is 16.1. The van der Waals surface area contributed by atoms with Crippen molar-refractivity contribution in [1.82, 2.24) is 19.7 Å². The van der Waals surface area contributed by atoms with Gasteiger partial charge < -0.3 is 4.90 Å². The van der Waals surface area contributed by atoms with E-state index in [4.69, 9.17) is 12.2 Å². The SMILES string of the molecule is Cc1ccc(-c2n[nH]c(=S)n2CCC(=O)N(C)Cc2cccc(F)c2)cc1. The number of aromatic nitrogens is 3. The van der Waals surface area contributed by atoms with Gasteiger partial charge in [0.2, 0.25) is 5.91 Å². The number of carbonyl (C=O) groups is 1. The summed E-state index contributed by atoms with van der Waals surface area (Å²) in [4.78, 5) is 14.1. The van der Waals surface area contributed by atoms with Crippen molar-refractivity contribution in [3.8, 4) is 11.4 Å². The van der Waals surface area contributed by atoms with Crippen LogP contribution in [-0.2, 0) is 17.9 Å². The fourth-order valence-electron chi connectivity index (χ4n) is 2.84. The molecule has 0 aliphatic heterocycles. The van der Waals surface area contributed by atoms with Crippen molar-refractivity contribution < 1.29 is 9.18 Å². The van der Waals surface area contributed by atoms with Gasteiger partial charge in [0.05, 0.1) is 0 Å². The second kappa shape index (κ2) is 8.26. The lowest BCUT2D eigenvalue weighted by atomic mass is 10.1. The van der Waals surface area contributed by atoms with Crippen LogP contribution in [0.15, 0.2) is 48.5 Å². The molecule has 0 aliphatic rings. The van der Waals surface area contributed by atoms with Crippen LogP contribution in [0.5, 0.6) is 0 Å². The van der Waals surface area contributed by atoms with Gasteiger partial charge in [0.25, 0.3) is 0 Å². The smallest absolute Gasteiger partial charge is 0.224 e. The quantitative estimate of drug-likeness (QED) is 0.651. The van der Waals surface area contributed by atoms with E-state index in [1.807, 2.05) is 35.8 Å². The Hall–Kier alpha value is -2.80. The lowest BCUT2D eigenvalue weighted by Crippen LogP contribution is -2.27. The maximum Gasteiger partial charge on any atom is 0.224 e. The Balaban J connectivity index is 1.67. The third-order valence-electron chi connectivity index (χ3n) is 4.35. The highest BCUT2D eigenvalue weighted by atomic mass is 32.1. The number of nitrogens with one attached hydrogen (secondary N) is 1. The van der Waals surface area contributed by atoms with Crippen LogP contribution in [0, 0.1) is 17.5 Å². The molecule has 0 spiro atoms. The van der Waals surface area contributed by atoms with E-state index in [9.17, 15) is 9.18 Å². The molecule has 1 amide bonds. The first kappa shape index (κ1) is 19.0. The largest absolute Gasteiger partial charge is 0.341 e. The molecule has 1 N–H and O–H groups in total. The molecule has 5 nitrogen and oxygen atoms in total. The molecule has 140 valence electrons. The highest BCUT2D eigenvalue weighted by molar-refractivity contribution is 7.71. The molecule has 0 unspecified atom stereocenters. The predicted octanol–water partition coefficient (Wildman–Crippen LogP) is 4.10. The van der Waals surface area contributed by atoms with Crippen LogP contribution < -0.4 is 0 Å². The number of rotatable bonds is 6. The van der Waals surface area contributed by atoms with Crippen molar-refractivity contribution in [3.05, 3.63) is 70.2 Å². The van der Waals surface area contributed by atoms with Gasteiger partial charge in [-0.3, -0.25) is 14.5 Å². The molecule has 1 aromatic heterocycles. The molecule has 27 heavy (non-hydrogen) atoms. The Kier molecular flexibility index (Phi) is 5.81. The lowest BCUT2D eigenvalue weighted by Gasteiger charge is -2.18. The van der Waals surface area contributed by atoms with Gasteiger partial charge in [0, 0.05) is 32.1 Å². The van der Waals surface area contributed by atoms with Crippen molar-refractivity contribution in [3.63, 3.8) is 0 Å². The second-order valence-corrected chi connectivity index (χ2v) is 6.89. The van der Waals surface area contributed by atoms with Gasteiger partial charge in [-0.05, 0) is 36.8 Å². The molecule has 1 heterocycles. The van der Waals surface area contributed by atoms with E-state index in [0.29, 0.717) is 23.7 Å². The average Bonchev–Trinajstić information content (AvgIpc) is 3.01. The van der Waals surface area contributed by atoms with Gasteiger partial charge >= 0.3 is 0 Å². The van der Waals surface area contributed by atoms with Crippen molar-refractivity contribution in [2.75, 3.05) is 7.05 Å². The molecule has 3 aromatic rings. The fraction of sp³-hybridized carbons (Fsp3) is 0.250. The fourth-order valence-corrected chi connectivity index (χ4v) is 3.07. The summed E-state index contributed by atoms with van der Waals surface area (Å²) in [5.41, 5.74) is 2.85. The monoisotopic (exact) mass is 384 g/mol. The summed E-state index contributed by atoms with van der Waals surface area (Å²) in [5.74, 6) is 0.360. The number of benzene rings is 2. The third-order valence-corrected chi connectivity index (χ3v) is 4.66. The minimum absolute atomic E-state index is 0.0442. The highest BCUT2D eigenvalue weighted by Gasteiger charge is 2.13. The number of aromatic amines is 1. The Morgan fingerprint density at radius 3 is 2.70 bits per heavy atom. The van der Waals surface area contributed by atoms with Gasteiger partial charge in [-0.15, -0.1) is 0 Å². The molecule has 0 bridgehead atoms. The Morgan fingerprint density at radius 2 is 2.00 bits per heavy atom. The molecule has 0 radical (unpaired) electrons. The normalized spacial score (nSPS) is 10.8. The first-order valence-corrected chi connectivity index (χ1v) is 9.05. The minimum Gasteiger partial charge on any atom is -0.341 e. The summed E-state index contributed by atoms with van der Waals surface area (Å²) in [6, 6.07) is 14.2. The first-order valence-electron chi connectivity index (χ1n) is 8.64. The van der Waals surface area contributed by atoms with E-state index in [1.54, 1.807) is 24.1 Å². The second-order valence-electron chi connectivity index (χ2n) is 6.50. The number of aryl methyl sites for hydroxylation is 1. The summed E-state index contributed by atoms with van der Waals surface area (Å²) in [6.07, 6.45) is 0.276. The van der Waals surface area contributed by atoms with Gasteiger partial charge in [0.15, 0.2) is 10.6 Å². The van der Waals surface area contributed by atoms with E-state index in [0.717, 1.165) is 16.7 Å². The van der Waals surface area contributed by atoms with Crippen molar-refractivity contribution >= 4 is 18.1 Å². The molecule has 0 saturated heterocycles. The maximum atomic E-state index is 13.3. The van der Waals surface area contributed by atoms with Crippen LogP contribution >= 0.6 is 12.2 Å². The highest BCUT2D eigenvalue weighted by Crippen LogP contribution is 2.18. The average molecular weight is 384 g/mol. The Morgan fingerprint density at radius 1 is 1.26 bits per heavy atom. The summed E-state index contributed by atoms with van der Waals surface area (Å²) < 4.78 is 15.6. The first-order chi connectivity index (χ1) is 12.9. The molecule has 3 rings (SSSR count). The number of hydrogen-bond acceptors (Lipinski definition) is 3. The van der Waals surface area contributed by atoms with Crippen LogP contribution in [-0.4, -0.2) is 32.6 Å².